The van der Waals surface area contributed by atoms with Crippen molar-refractivity contribution in [3.8, 4) is 5.88 Å². The van der Waals surface area contributed by atoms with Crippen LogP contribution >= 0.6 is 8.03 Å². The number of hydrogen-bond acceptors (Lipinski definition) is 10. The minimum Gasteiger partial charge on any atom is -0.476 e. The molecule has 5 atom stereocenters. The quantitative estimate of drug-likeness (QED) is 0.295. The van der Waals surface area contributed by atoms with Crippen molar-refractivity contribution in [3.63, 3.8) is 0 Å². The van der Waals surface area contributed by atoms with Crippen molar-refractivity contribution in [1.29, 1.82) is 0 Å². The number of aromatic nitrogens is 4. The van der Waals surface area contributed by atoms with E-state index < -0.39 is 32.0 Å². The van der Waals surface area contributed by atoms with E-state index in [4.69, 9.17) is 25.3 Å². The molecule has 0 saturated carbocycles. The molecule has 0 spiro atoms. The molecule has 14 heteroatoms. The van der Waals surface area contributed by atoms with Gasteiger partial charge in [-0.05, 0) is 23.9 Å². The van der Waals surface area contributed by atoms with Crippen molar-refractivity contribution in [2.45, 2.75) is 37.8 Å². The van der Waals surface area contributed by atoms with Crippen LogP contribution in [-0.4, -0.2) is 62.3 Å². The third-order valence-electron chi connectivity index (χ3n) is 4.38. The van der Waals surface area contributed by atoms with Crippen molar-refractivity contribution in [2.24, 2.45) is 5.11 Å². The van der Waals surface area contributed by atoms with E-state index in [0.717, 1.165) is 0 Å². The summed E-state index contributed by atoms with van der Waals surface area (Å²) in [7, 11) is -1.89. The van der Waals surface area contributed by atoms with Crippen LogP contribution in [0.1, 0.15) is 20.1 Å². The van der Waals surface area contributed by atoms with Gasteiger partial charge in [0.05, 0.1) is 19.0 Å². The third kappa shape index (κ3) is 3.46. The normalized spacial score (nSPS) is 27.6. The number of anilines is 1. The Morgan fingerprint density at radius 2 is 2.32 bits per heavy atom. The molecule has 1 aliphatic rings. The summed E-state index contributed by atoms with van der Waals surface area (Å²) in [6, 6.07) is 0. The van der Waals surface area contributed by atoms with Crippen LogP contribution in [0.15, 0.2) is 11.4 Å². The predicted molar refractivity (Wildman–Crippen MR) is 97.9 cm³/mol. The summed E-state index contributed by atoms with van der Waals surface area (Å²) in [5, 5.41) is 14.5. The van der Waals surface area contributed by atoms with Crippen molar-refractivity contribution in [2.75, 3.05) is 25.6 Å². The molecule has 0 aliphatic carbocycles. The number of nitrogen functional groups attached to an aromatic ring is 1. The zero-order valence-electron chi connectivity index (χ0n) is 15.5. The summed E-state index contributed by atoms with van der Waals surface area (Å²) < 4.78 is 29.2. The lowest BCUT2D eigenvalue weighted by molar-refractivity contribution is -0.0396. The molecule has 0 amide bonds. The van der Waals surface area contributed by atoms with Crippen LogP contribution in [0.2, 0.25) is 0 Å². The Balaban J connectivity index is 2.07. The van der Waals surface area contributed by atoms with Gasteiger partial charge >= 0.3 is 8.03 Å². The summed E-state index contributed by atoms with van der Waals surface area (Å²) in [4.78, 5) is 15.3. The lowest BCUT2D eigenvalue weighted by atomic mass is 9.93. The number of rotatable bonds is 7. The predicted octanol–water partition coefficient (Wildman–Crippen LogP) is 1.52. The molecule has 3 N–H and O–H groups in total. The number of nitrogens with two attached hydrogens (primary N) is 1. The Labute approximate surface area is 160 Å². The first kappa shape index (κ1) is 20.2. The SMILES string of the molecule is CCOc1nc(N)nc2c1ncn2[C@@H]1O[C@H](CO[P+](C)=O)[C@@H](O)[C@@]1(C)N=[N+]=[N-]. The molecule has 0 bridgehead atoms. The van der Waals surface area contributed by atoms with Crippen LogP contribution in [0.25, 0.3) is 21.6 Å². The molecule has 1 fully saturated rings. The molecule has 1 unspecified atom stereocenters. The van der Waals surface area contributed by atoms with Gasteiger partial charge in [0.25, 0.3) is 0 Å². The lowest BCUT2D eigenvalue weighted by Gasteiger charge is -2.27. The molecule has 3 rings (SSSR count). The Kier molecular flexibility index (Phi) is 5.64. The molecular weight excluding hydrogens is 391 g/mol. The van der Waals surface area contributed by atoms with E-state index in [-0.39, 0.29) is 24.1 Å². The molecule has 1 aliphatic heterocycles. The Bertz CT molecular complexity index is 947. The maximum atomic E-state index is 11.3. The average molecular weight is 411 g/mol. The standard InChI is InChI=1S/C14H20N8O5P/c1-4-25-11-8-10(18-13(15)19-11)22(6-17-8)12-14(2,20-21-16)9(23)7(27-12)5-26-28(3)24/h6-7,9,12,23H,4-5H2,1-3H3,(H2,15,18,19)/q+1/t7-,9-,12-,14-/m1/s1. The highest BCUT2D eigenvalue weighted by Crippen LogP contribution is 2.43. The number of aliphatic hydroxyl groups excluding tert-OH is 1. The van der Waals surface area contributed by atoms with Crippen LogP contribution in [0.5, 0.6) is 5.88 Å². The van der Waals surface area contributed by atoms with E-state index in [2.05, 4.69) is 25.0 Å². The topological polar surface area (TPSA) is 183 Å². The highest BCUT2D eigenvalue weighted by Gasteiger charge is 2.55. The molecule has 150 valence electrons. The Morgan fingerprint density at radius 3 is 2.96 bits per heavy atom. The number of ether oxygens (including phenoxy) is 2. The maximum absolute atomic E-state index is 11.3. The molecule has 2 aromatic heterocycles. The van der Waals surface area contributed by atoms with Gasteiger partial charge in [-0.25, -0.2) is 4.98 Å². The summed E-state index contributed by atoms with van der Waals surface area (Å²) >= 11 is 0. The first-order valence-electron chi connectivity index (χ1n) is 8.38. The number of imidazole rings is 1. The van der Waals surface area contributed by atoms with Gasteiger partial charge in [0.15, 0.2) is 24.1 Å². The van der Waals surface area contributed by atoms with Crippen molar-refractivity contribution >= 4 is 25.1 Å². The second-order valence-corrected chi connectivity index (χ2v) is 7.40. The van der Waals surface area contributed by atoms with Crippen molar-refractivity contribution < 1.29 is 23.7 Å². The number of azide groups is 1. The smallest absolute Gasteiger partial charge is 0.476 e. The van der Waals surface area contributed by atoms with Gasteiger partial charge in [0.1, 0.15) is 18.2 Å². The maximum Gasteiger partial charge on any atom is 0.504 e. The van der Waals surface area contributed by atoms with Gasteiger partial charge in [0.2, 0.25) is 11.8 Å². The summed E-state index contributed by atoms with van der Waals surface area (Å²) in [5.41, 5.74) is 14.0. The molecule has 13 nitrogen and oxygen atoms in total. The first-order valence-corrected chi connectivity index (χ1v) is 10.0. The van der Waals surface area contributed by atoms with Gasteiger partial charge in [0, 0.05) is 4.91 Å². The van der Waals surface area contributed by atoms with Crippen LogP contribution in [-0.2, 0) is 13.8 Å². The lowest BCUT2D eigenvalue weighted by Crippen LogP contribution is -2.42. The van der Waals surface area contributed by atoms with Gasteiger partial charge in [-0.3, -0.25) is 4.57 Å². The zero-order valence-corrected chi connectivity index (χ0v) is 16.4. The monoisotopic (exact) mass is 411 g/mol. The molecule has 28 heavy (non-hydrogen) atoms. The van der Waals surface area contributed by atoms with Crippen LogP contribution in [0.3, 0.4) is 0 Å². The third-order valence-corrected chi connectivity index (χ3v) is 4.89. The fourth-order valence-electron chi connectivity index (χ4n) is 3.08. The number of fused-ring (bicyclic) bond motifs is 1. The van der Waals surface area contributed by atoms with Gasteiger partial charge < -0.3 is 20.3 Å². The highest BCUT2D eigenvalue weighted by molar-refractivity contribution is 7.38. The summed E-state index contributed by atoms with van der Waals surface area (Å²) in [5.74, 6) is 0.167. The van der Waals surface area contributed by atoms with Crippen LogP contribution < -0.4 is 10.5 Å². The fourth-order valence-corrected chi connectivity index (χ4v) is 3.43. The number of aliphatic hydroxyl groups is 1. The highest BCUT2D eigenvalue weighted by atomic mass is 31.1. The van der Waals surface area contributed by atoms with E-state index in [1.54, 1.807) is 6.92 Å². The van der Waals surface area contributed by atoms with E-state index >= 15 is 0 Å². The second-order valence-electron chi connectivity index (χ2n) is 6.27. The van der Waals surface area contributed by atoms with E-state index in [1.165, 1.54) is 24.5 Å². The van der Waals surface area contributed by atoms with Gasteiger partial charge in [-0.1, -0.05) is 5.11 Å². The van der Waals surface area contributed by atoms with Crippen molar-refractivity contribution in [1.82, 2.24) is 19.5 Å². The first-order chi connectivity index (χ1) is 13.3. The minimum atomic E-state index is -1.89. The molecule has 0 radical (unpaired) electrons. The summed E-state index contributed by atoms with van der Waals surface area (Å²) in [6.45, 7) is 4.92. The van der Waals surface area contributed by atoms with Crippen LogP contribution in [0, 0.1) is 0 Å². The fraction of sp³-hybridized carbons (Fsp3) is 0.643. The number of hydrogen-bond donors (Lipinski definition) is 2. The molecule has 3 heterocycles. The van der Waals surface area contributed by atoms with Crippen LogP contribution in [0.4, 0.5) is 5.95 Å². The van der Waals surface area contributed by atoms with Gasteiger partial charge in [-0.2, -0.15) is 9.97 Å². The Hall–Kier alpha value is -2.56. The molecule has 2 aromatic rings. The van der Waals surface area contributed by atoms with E-state index in [0.29, 0.717) is 12.1 Å². The average Bonchev–Trinajstić information content (AvgIpc) is 3.14. The molecule has 0 aromatic carbocycles. The minimum absolute atomic E-state index is 0.0374. The largest absolute Gasteiger partial charge is 0.504 e. The molecular formula is C14H20N8O5P+. The number of nitrogens with zero attached hydrogens (tertiary/aromatic N) is 7. The van der Waals surface area contributed by atoms with E-state index in [1.807, 2.05) is 0 Å². The second kappa shape index (κ2) is 7.82. The van der Waals surface area contributed by atoms with Gasteiger partial charge in [-0.15, -0.1) is 4.52 Å². The van der Waals surface area contributed by atoms with Crippen molar-refractivity contribution in [3.05, 3.63) is 16.8 Å². The van der Waals surface area contributed by atoms with E-state index in [9.17, 15) is 9.67 Å². The Morgan fingerprint density at radius 1 is 1.57 bits per heavy atom. The zero-order chi connectivity index (χ0) is 20.5. The molecule has 1 saturated heterocycles. The summed E-state index contributed by atoms with van der Waals surface area (Å²) in [6.07, 6.45) is -1.68.